The average Bonchev–Trinajstić information content (AvgIpc) is 2.33. The Morgan fingerprint density at radius 1 is 1.25 bits per heavy atom. The van der Waals surface area contributed by atoms with Gasteiger partial charge in [0, 0.05) is 12.4 Å². The zero-order valence-corrected chi connectivity index (χ0v) is 12.4. The van der Waals surface area contributed by atoms with Crippen molar-refractivity contribution in [3.63, 3.8) is 0 Å². The largest absolute Gasteiger partial charge is 0.416 e. The lowest BCUT2D eigenvalue weighted by molar-refractivity contribution is -0.138. The van der Waals surface area contributed by atoms with Gasteiger partial charge >= 0.3 is 6.18 Å². The predicted molar refractivity (Wildman–Crippen MR) is 71.3 cm³/mol. The van der Waals surface area contributed by atoms with Crippen molar-refractivity contribution >= 4 is 21.6 Å². The van der Waals surface area contributed by atoms with Crippen molar-refractivity contribution in [1.82, 2.24) is 4.72 Å². The van der Waals surface area contributed by atoms with Crippen LogP contribution in [-0.4, -0.2) is 20.8 Å². The Balaban J connectivity index is 3.02. The summed E-state index contributed by atoms with van der Waals surface area (Å²) in [5.74, 6) is 0.407. The number of alkyl halides is 4. The van der Waals surface area contributed by atoms with Crippen molar-refractivity contribution in [3.05, 3.63) is 29.3 Å². The van der Waals surface area contributed by atoms with Crippen LogP contribution in [0.2, 0.25) is 0 Å². The number of hydrogen-bond acceptors (Lipinski definition) is 2. The van der Waals surface area contributed by atoms with Crippen molar-refractivity contribution in [2.45, 2.75) is 30.8 Å². The summed E-state index contributed by atoms with van der Waals surface area (Å²) < 4.78 is 64.5. The molecule has 1 rings (SSSR count). The van der Waals surface area contributed by atoms with Gasteiger partial charge in [-0.3, -0.25) is 0 Å². The zero-order chi connectivity index (χ0) is 15.4. The standard InChI is InChI=1S/C12H15ClF3NO2S/c1-9-10(12(14,15)16)5-4-6-11(9)20(18,19)17-8-3-2-7-13/h4-6,17H,2-3,7-8H2,1H3. The van der Waals surface area contributed by atoms with Crippen LogP contribution in [0.1, 0.15) is 24.0 Å². The van der Waals surface area contributed by atoms with Crippen LogP contribution >= 0.6 is 11.6 Å². The van der Waals surface area contributed by atoms with Crippen LogP contribution in [0, 0.1) is 6.92 Å². The number of unbranched alkanes of at least 4 members (excludes halogenated alkanes) is 1. The molecule has 0 amide bonds. The molecule has 1 aromatic carbocycles. The van der Waals surface area contributed by atoms with E-state index < -0.39 is 21.8 Å². The Bertz CT molecular complexity index is 558. The molecular formula is C12H15ClF3NO2S. The lowest BCUT2D eigenvalue weighted by Gasteiger charge is -2.14. The van der Waals surface area contributed by atoms with E-state index in [2.05, 4.69) is 4.72 Å². The van der Waals surface area contributed by atoms with E-state index in [1.54, 1.807) is 0 Å². The van der Waals surface area contributed by atoms with E-state index in [1.807, 2.05) is 0 Å². The molecule has 0 atom stereocenters. The summed E-state index contributed by atoms with van der Waals surface area (Å²) in [6, 6.07) is 3.11. The summed E-state index contributed by atoms with van der Waals surface area (Å²) in [6.07, 6.45) is -3.42. The fourth-order valence-corrected chi connectivity index (χ4v) is 3.24. The predicted octanol–water partition coefficient (Wildman–Crippen LogP) is 3.31. The van der Waals surface area contributed by atoms with Crippen molar-refractivity contribution in [1.29, 1.82) is 0 Å². The number of rotatable bonds is 6. The fourth-order valence-electron chi connectivity index (χ4n) is 1.72. The third kappa shape index (κ3) is 4.36. The van der Waals surface area contributed by atoms with Crippen molar-refractivity contribution in [2.75, 3.05) is 12.4 Å². The van der Waals surface area contributed by atoms with Gasteiger partial charge in [-0.1, -0.05) is 6.07 Å². The molecule has 0 spiro atoms. The fraction of sp³-hybridized carbons (Fsp3) is 0.500. The molecular weight excluding hydrogens is 315 g/mol. The van der Waals surface area contributed by atoms with Gasteiger partial charge in [0.25, 0.3) is 0 Å². The molecule has 0 unspecified atom stereocenters. The maximum Gasteiger partial charge on any atom is 0.416 e. The highest BCUT2D eigenvalue weighted by Gasteiger charge is 2.34. The summed E-state index contributed by atoms with van der Waals surface area (Å²) in [4.78, 5) is -0.349. The molecule has 0 saturated carbocycles. The molecule has 0 fully saturated rings. The Morgan fingerprint density at radius 3 is 2.45 bits per heavy atom. The molecule has 1 aromatic rings. The maximum absolute atomic E-state index is 12.7. The quantitative estimate of drug-likeness (QED) is 0.643. The number of halogens is 4. The number of hydrogen-bond donors (Lipinski definition) is 1. The Morgan fingerprint density at radius 2 is 1.90 bits per heavy atom. The minimum atomic E-state index is -4.58. The molecule has 0 aromatic heterocycles. The minimum Gasteiger partial charge on any atom is -0.211 e. The molecule has 0 radical (unpaired) electrons. The second-order valence-electron chi connectivity index (χ2n) is 4.22. The van der Waals surface area contributed by atoms with Crippen LogP contribution in [0.4, 0.5) is 13.2 Å². The van der Waals surface area contributed by atoms with E-state index in [0.29, 0.717) is 18.7 Å². The molecule has 114 valence electrons. The average molecular weight is 330 g/mol. The van der Waals surface area contributed by atoms with Gasteiger partial charge in [0.2, 0.25) is 10.0 Å². The van der Waals surface area contributed by atoms with Crippen molar-refractivity contribution in [3.8, 4) is 0 Å². The topological polar surface area (TPSA) is 46.2 Å². The smallest absolute Gasteiger partial charge is 0.211 e. The first-order chi connectivity index (χ1) is 9.20. The van der Waals surface area contributed by atoms with Crippen molar-refractivity contribution in [2.24, 2.45) is 0 Å². The first-order valence-electron chi connectivity index (χ1n) is 5.92. The lowest BCUT2D eigenvalue weighted by atomic mass is 10.1. The summed E-state index contributed by atoms with van der Waals surface area (Å²) in [5.41, 5.74) is -1.24. The van der Waals surface area contributed by atoms with E-state index >= 15 is 0 Å². The Labute approximate surface area is 121 Å². The second-order valence-corrected chi connectivity index (χ2v) is 6.33. The van der Waals surface area contributed by atoms with Crippen molar-refractivity contribution < 1.29 is 21.6 Å². The van der Waals surface area contributed by atoms with Gasteiger partial charge in [0.1, 0.15) is 0 Å². The number of benzene rings is 1. The first-order valence-corrected chi connectivity index (χ1v) is 7.94. The van der Waals surface area contributed by atoms with Crippen LogP contribution in [0.5, 0.6) is 0 Å². The Kier molecular flexibility index (Phi) is 5.85. The molecule has 20 heavy (non-hydrogen) atoms. The van der Waals surface area contributed by atoms with Crippen LogP contribution in [0.3, 0.4) is 0 Å². The van der Waals surface area contributed by atoms with Crippen LogP contribution in [-0.2, 0) is 16.2 Å². The molecule has 8 heteroatoms. The van der Waals surface area contributed by atoms with Gasteiger partial charge in [0.15, 0.2) is 0 Å². The van der Waals surface area contributed by atoms with Gasteiger partial charge in [-0.05, 0) is 37.5 Å². The van der Waals surface area contributed by atoms with Crippen LogP contribution in [0.15, 0.2) is 23.1 Å². The highest BCUT2D eigenvalue weighted by atomic mass is 35.5. The van der Waals surface area contributed by atoms with E-state index in [4.69, 9.17) is 11.6 Å². The van der Waals surface area contributed by atoms with E-state index in [1.165, 1.54) is 0 Å². The van der Waals surface area contributed by atoms with Gasteiger partial charge < -0.3 is 0 Å². The molecule has 3 nitrogen and oxygen atoms in total. The SMILES string of the molecule is Cc1c(C(F)(F)F)cccc1S(=O)(=O)NCCCCCl. The lowest BCUT2D eigenvalue weighted by Crippen LogP contribution is -2.26. The molecule has 1 N–H and O–H groups in total. The van der Waals surface area contributed by atoms with E-state index in [-0.39, 0.29) is 17.0 Å². The van der Waals surface area contributed by atoms with Gasteiger partial charge in [-0.25, -0.2) is 13.1 Å². The maximum atomic E-state index is 12.7. The van der Waals surface area contributed by atoms with Gasteiger partial charge in [-0.2, -0.15) is 13.2 Å². The third-order valence-corrected chi connectivity index (χ3v) is 4.60. The summed E-state index contributed by atoms with van der Waals surface area (Å²) in [5, 5.41) is 0. The van der Waals surface area contributed by atoms with Gasteiger partial charge in [-0.15, -0.1) is 11.6 Å². The zero-order valence-electron chi connectivity index (χ0n) is 10.8. The molecule has 0 saturated heterocycles. The molecule has 0 aliphatic carbocycles. The number of nitrogens with one attached hydrogen (secondary N) is 1. The third-order valence-electron chi connectivity index (χ3n) is 2.73. The highest BCUT2D eigenvalue weighted by molar-refractivity contribution is 7.89. The number of sulfonamides is 1. The monoisotopic (exact) mass is 329 g/mol. The second kappa shape index (κ2) is 6.78. The molecule has 0 heterocycles. The first kappa shape index (κ1) is 17.3. The van der Waals surface area contributed by atoms with Crippen LogP contribution in [0.25, 0.3) is 0 Å². The van der Waals surface area contributed by atoms with Crippen LogP contribution < -0.4 is 4.72 Å². The van der Waals surface area contributed by atoms with E-state index in [9.17, 15) is 21.6 Å². The normalized spacial score (nSPS) is 12.7. The molecule has 0 aliphatic heterocycles. The van der Waals surface area contributed by atoms with Gasteiger partial charge in [0.05, 0.1) is 10.5 Å². The molecule has 0 aliphatic rings. The van der Waals surface area contributed by atoms with E-state index in [0.717, 1.165) is 25.1 Å². The summed E-state index contributed by atoms with van der Waals surface area (Å²) in [7, 11) is -3.95. The summed E-state index contributed by atoms with van der Waals surface area (Å²) >= 11 is 5.46. The molecule has 0 bridgehead atoms. The minimum absolute atomic E-state index is 0.144. The highest BCUT2D eigenvalue weighted by Crippen LogP contribution is 2.34. The summed E-state index contributed by atoms with van der Waals surface area (Å²) in [6.45, 7) is 1.29. The Hall–Kier alpha value is -0.790.